The van der Waals surface area contributed by atoms with Crippen LogP contribution < -0.4 is 14.2 Å². The molecule has 0 spiro atoms. The van der Waals surface area contributed by atoms with Crippen molar-refractivity contribution in [1.29, 1.82) is 0 Å². The number of aromatic nitrogens is 1. The molecule has 1 aliphatic heterocycles. The zero-order chi connectivity index (χ0) is 19.8. The molecule has 0 saturated heterocycles. The highest BCUT2D eigenvalue weighted by atomic mass is 32.1. The van der Waals surface area contributed by atoms with E-state index >= 15 is 0 Å². The van der Waals surface area contributed by atoms with E-state index in [-0.39, 0.29) is 12.6 Å². The molecule has 2 heterocycles. The van der Waals surface area contributed by atoms with Crippen molar-refractivity contribution in [1.82, 2.24) is 4.98 Å². The molecule has 2 aliphatic rings. The third-order valence-corrected chi connectivity index (χ3v) is 6.68. The normalized spacial score (nSPS) is 15.9. The Hall–Kier alpha value is -2.86. The van der Waals surface area contributed by atoms with Gasteiger partial charge < -0.3 is 14.2 Å². The highest BCUT2D eigenvalue weighted by Crippen LogP contribution is 2.51. The van der Waals surface area contributed by atoms with Crippen LogP contribution in [0, 0.1) is 0 Å². The second kappa shape index (κ2) is 7.19. The zero-order valence-corrected chi connectivity index (χ0v) is 17.0. The molecule has 0 atom stereocenters. The molecule has 3 aromatic rings. The van der Waals surface area contributed by atoms with Crippen molar-refractivity contribution in [2.24, 2.45) is 0 Å². The summed E-state index contributed by atoms with van der Waals surface area (Å²) in [5, 5.41) is 0.868. The van der Waals surface area contributed by atoms with Gasteiger partial charge in [-0.25, -0.2) is 4.98 Å². The van der Waals surface area contributed by atoms with Gasteiger partial charge in [0.25, 0.3) is 0 Å². The zero-order valence-electron chi connectivity index (χ0n) is 16.1. The SMILES string of the molecule is COc1ccccc1Cc1cnc(CC(=O)C2(c3ccc4c(c3)OCO4)CC2)s1. The largest absolute Gasteiger partial charge is 0.496 e. The molecule has 2 aromatic carbocycles. The molecule has 0 bridgehead atoms. The number of Topliss-reactive ketones (excluding diaryl/α,β-unsaturated/α-hetero) is 1. The number of fused-ring (bicyclic) bond motifs is 1. The van der Waals surface area contributed by atoms with Crippen LogP contribution in [0.25, 0.3) is 0 Å². The van der Waals surface area contributed by atoms with Gasteiger partial charge in [0, 0.05) is 17.5 Å². The Kier molecular flexibility index (Phi) is 4.51. The fourth-order valence-electron chi connectivity index (χ4n) is 3.90. The quantitative estimate of drug-likeness (QED) is 0.584. The molecule has 0 radical (unpaired) electrons. The number of hydrogen-bond donors (Lipinski definition) is 0. The smallest absolute Gasteiger partial charge is 0.231 e. The summed E-state index contributed by atoms with van der Waals surface area (Å²) in [7, 11) is 1.68. The third kappa shape index (κ3) is 3.38. The van der Waals surface area contributed by atoms with Gasteiger partial charge in [-0.1, -0.05) is 24.3 Å². The molecule has 1 aromatic heterocycles. The number of hydrogen-bond acceptors (Lipinski definition) is 6. The molecule has 0 N–H and O–H groups in total. The van der Waals surface area contributed by atoms with E-state index in [2.05, 4.69) is 11.1 Å². The van der Waals surface area contributed by atoms with Gasteiger partial charge in [0.15, 0.2) is 11.5 Å². The Morgan fingerprint density at radius 1 is 1.17 bits per heavy atom. The number of thiazole rings is 1. The fourth-order valence-corrected chi connectivity index (χ4v) is 4.85. The Morgan fingerprint density at radius 3 is 2.83 bits per heavy atom. The molecule has 1 saturated carbocycles. The van der Waals surface area contributed by atoms with E-state index in [0.29, 0.717) is 6.42 Å². The van der Waals surface area contributed by atoms with Gasteiger partial charge in [-0.05, 0) is 42.2 Å². The molecular formula is C23H21NO4S. The minimum absolute atomic E-state index is 0.231. The van der Waals surface area contributed by atoms with Crippen LogP contribution in [0.15, 0.2) is 48.7 Å². The maximum Gasteiger partial charge on any atom is 0.231 e. The number of carbonyl (C=O) groups is 1. The summed E-state index contributed by atoms with van der Waals surface area (Å²) in [6.45, 7) is 0.244. The number of para-hydroxylation sites is 1. The minimum atomic E-state index is -0.393. The molecule has 5 nitrogen and oxygen atoms in total. The van der Waals surface area contributed by atoms with Crippen LogP contribution in [0.2, 0.25) is 0 Å². The molecule has 6 heteroatoms. The number of ether oxygens (including phenoxy) is 3. The lowest BCUT2D eigenvalue weighted by atomic mass is 9.89. The lowest BCUT2D eigenvalue weighted by Crippen LogP contribution is -2.22. The molecule has 1 fully saturated rings. The first-order valence-electron chi connectivity index (χ1n) is 9.67. The van der Waals surface area contributed by atoms with Crippen LogP contribution in [0.1, 0.15) is 33.9 Å². The number of nitrogens with zero attached hydrogens (tertiary/aromatic N) is 1. The van der Waals surface area contributed by atoms with Crippen molar-refractivity contribution < 1.29 is 19.0 Å². The monoisotopic (exact) mass is 407 g/mol. The van der Waals surface area contributed by atoms with Crippen LogP contribution in [0.4, 0.5) is 0 Å². The molecule has 5 rings (SSSR count). The summed E-state index contributed by atoms with van der Waals surface area (Å²) < 4.78 is 16.3. The average Bonchev–Trinajstić information content (AvgIpc) is 3.22. The van der Waals surface area contributed by atoms with Gasteiger partial charge in [-0.3, -0.25) is 4.79 Å². The topological polar surface area (TPSA) is 57.7 Å². The fraction of sp³-hybridized carbons (Fsp3) is 0.304. The van der Waals surface area contributed by atoms with Gasteiger partial charge in [-0.15, -0.1) is 11.3 Å². The minimum Gasteiger partial charge on any atom is -0.496 e. The first kappa shape index (κ1) is 18.2. The van der Waals surface area contributed by atoms with E-state index in [4.69, 9.17) is 14.2 Å². The summed E-state index contributed by atoms with van der Waals surface area (Å²) in [6, 6.07) is 13.8. The molecular weight excluding hydrogens is 386 g/mol. The summed E-state index contributed by atoms with van der Waals surface area (Å²) in [5.41, 5.74) is 1.75. The van der Waals surface area contributed by atoms with Gasteiger partial charge >= 0.3 is 0 Å². The maximum absolute atomic E-state index is 13.1. The number of benzene rings is 2. The van der Waals surface area contributed by atoms with Gasteiger partial charge in [0.05, 0.1) is 18.9 Å². The van der Waals surface area contributed by atoms with Crippen molar-refractivity contribution in [2.75, 3.05) is 13.9 Å². The summed E-state index contributed by atoms with van der Waals surface area (Å²) >= 11 is 1.60. The number of rotatable bonds is 7. The van der Waals surface area contributed by atoms with E-state index < -0.39 is 5.41 Å². The molecule has 29 heavy (non-hydrogen) atoms. The van der Waals surface area contributed by atoms with E-state index in [1.807, 2.05) is 42.6 Å². The first-order valence-corrected chi connectivity index (χ1v) is 10.5. The highest BCUT2D eigenvalue weighted by molar-refractivity contribution is 7.11. The second-order valence-corrected chi connectivity index (χ2v) is 8.66. The lowest BCUT2D eigenvalue weighted by molar-refractivity contribution is -0.120. The predicted octanol–water partition coefficient (Wildman–Crippen LogP) is 4.31. The Balaban J connectivity index is 1.30. The van der Waals surface area contributed by atoms with E-state index in [1.54, 1.807) is 18.4 Å². The van der Waals surface area contributed by atoms with Gasteiger partial charge in [0.2, 0.25) is 6.79 Å². The molecule has 148 valence electrons. The third-order valence-electron chi connectivity index (χ3n) is 5.68. The average molecular weight is 407 g/mol. The van der Waals surface area contributed by atoms with E-state index in [0.717, 1.165) is 57.5 Å². The second-order valence-electron chi connectivity index (χ2n) is 7.46. The summed E-state index contributed by atoms with van der Waals surface area (Å²) in [5.74, 6) is 2.58. The van der Waals surface area contributed by atoms with Crippen molar-refractivity contribution >= 4 is 17.1 Å². The van der Waals surface area contributed by atoms with E-state index in [1.165, 1.54) is 0 Å². The van der Waals surface area contributed by atoms with Gasteiger partial charge in [0.1, 0.15) is 16.5 Å². The van der Waals surface area contributed by atoms with Crippen molar-refractivity contribution in [3.05, 3.63) is 69.7 Å². The Labute approximate surface area is 173 Å². The first-order chi connectivity index (χ1) is 14.2. The Morgan fingerprint density at radius 2 is 2.00 bits per heavy atom. The summed E-state index contributed by atoms with van der Waals surface area (Å²) in [6.07, 6.45) is 4.75. The number of carbonyl (C=O) groups excluding carboxylic acids is 1. The lowest BCUT2D eigenvalue weighted by Gasteiger charge is -2.14. The number of methoxy groups -OCH3 is 1. The molecule has 1 aliphatic carbocycles. The molecule has 0 unspecified atom stereocenters. The Bertz CT molecular complexity index is 1070. The standard InChI is InChI=1S/C23H21NO4S/c1-26-18-5-3-2-4-15(18)10-17-13-24-22(29-17)12-21(25)23(8-9-23)16-6-7-19-20(11-16)28-14-27-19/h2-7,11,13H,8-10,12,14H2,1H3. The van der Waals surface area contributed by atoms with E-state index in [9.17, 15) is 4.79 Å². The number of ketones is 1. The van der Waals surface area contributed by atoms with Gasteiger partial charge in [-0.2, -0.15) is 0 Å². The van der Waals surface area contributed by atoms with Crippen molar-refractivity contribution in [3.63, 3.8) is 0 Å². The van der Waals surface area contributed by atoms with Crippen molar-refractivity contribution in [2.45, 2.75) is 31.1 Å². The van der Waals surface area contributed by atoms with Crippen LogP contribution in [0.5, 0.6) is 17.2 Å². The molecule has 0 amide bonds. The van der Waals surface area contributed by atoms with Crippen LogP contribution >= 0.6 is 11.3 Å². The van der Waals surface area contributed by atoms with Crippen molar-refractivity contribution in [3.8, 4) is 17.2 Å². The van der Waals surface area contributed by atoms with Crippen LogP contribution in [-0.2, 0) is 23.1 Å². The van der Waals surface area contributed by atoms with Crippen LogP contribution in [0.3, 0.4) is 0 Å². The van der Waals surface area contributed by atoms with Crippen LogP contribution in [-0.4, -0.2) is 24.7 Å². The maximum atomic E-state index is 13.1. The predicted molar refractivity (Wildman–Crippen MR) is 110 cm³/mol. The highest BCUT2D eigenvalue weighted by Gasteiger charge is 2.51. The summed E-state index contributed by atoms with van der Waals surface area (Å²) in [4.78, 5) is 18.8.